The van der Waals surface area contributed by atoms with Crippen LogP contribution in [0.5, 0.6) is 0 Å². The summed E-state index contributed by atoms with van der Waals surface area (Å²) in [6, 6.07) is 1.85. The minimum Gasteiger partial charge on any atom is -0.258 e. The average molecular weight is 221 g/mol. The van der Waals surface area contributed by atoms with Gasteiger partial charge in [-0.05, 0) is 18.1 Å². The third-order valence-electron chi connectivity index (χ3n) is 1.95. The lowest BCUT2D eigenvalue weighted by Crippen LogP contribution is -2.00. The van der Waals surface area contributed by atoms with E-state index in [1.165, 1.54) is 12.2 Å². The van der Waals surface area contributed by atoms with Crippen LogP contribution in [-0.4, -0.2) is 9.85 Å². The first kappa shape index (κ1) is 11.6. The van der Waals surface area contributed by atoms with E-state index in [1.807, 2.05) is 6.07 Å². The van der Waals surface area contributed by atoms with Crippen molar-refractivity contribution in [2.75, 3.05) is 0 Å². The summed E-state index contributed by atoms with van der Waals surface area (Å²) in [5.41, 5.74) is -0.205. The molecule has 7 heteroatoms. The van der Waals surface area contributed by atoms with Crippen molar-refractivity contribution in [3.8, 4) is 6.07 Å². The summed E-state index contributed by atoms with van der Waals surface area (Å²) >= 11 is 0. The predicted octanol–water partition coefficient (Wildman–Crippen LogP) is 1.55. The first-order valence-electron chi connectivity index (χ1n) is 4.31. The van der Waals surface area contributed by atoms with Crippen LogP contribution in [0.4, 0.5) is 0 Å². The molecule has 0 spiro atoms. The molecule has 0 N–H and O–H groups in total. The van der Waals surface area contributed by atoms with E-state index < -0.39 is 9.85 Å². The number of hydrogen-bond donors (Lipinski definition) is 0. The molecule has 0 amide bonds. The number of hydrogen-bond acceptors (Lipinski definition) is 5. The maximum absolute atomic E-state index is 10.6. The Kier molecular flexibility index (Phi) is 3.50. The topological polar surface area (TPSA) is 110 Å². The van der Waals surface area contributed by atoms with Crippen molar-refractivity contribution < 1.29 is 9.85 Å². The third-order valence-corrected chi connectivity index (χ3v) is 1.95. The summed E-state index contributed by atoms with van der Waals surface area (Å²) in [6.45, 7) is 0. The van der Waals surface area contributed by atoms with Gasteiger partial charge in [-0.1, -0.05) is 0 Å². The molecule has 0 aromatic carbocycles. The van der Waals surface area contributed by atoms with Gasteiger partial charge in [0.05, 0.1) is 28.4 Å². The van der Waals surface area contributed by atoms with Gasteiger partial charge in [0.1, 0.15) is 0 Å². The highest BCUT2D eigenvalue weighted by Gasteiger charge is 2.19. The Morgan fingerprint density at radius 3 is 2.38 bits per heavy atom. The minimum absolute atomic E-state index is 0.0205. The van der Waals surface area contributed by atoms with E-state index in [9.17, 15) is 20.2 Å². The molecule has 82 valence electrons. The normalized spacial score (nSPS) is 15.1. The van der Waals surface area contributed by atoms with Crippen LogP contribution >= 0.6 is 0 Å². The van der Waals surface area contributed by atoms with Gasteiger partial charge in [-0.25, -0.2) is 0 Å². The van der Waals surface area contributed by atoms with E-state index in [1.54, 1.807) is 0 Å². The summed E-state index contributed by atoms with van der Waals surface area (Å²) < 4.78 is 0. The zero-order chi connectivity index (χ0) is 12.1. The van der Waals surface area contributed by atoms with Crippen molar-refractivity contribution in [3.05, 3.63) is 55.4 Å². The number of nitro groups is 2. The Hall–Kier alpha value is -2.49. The molecule has 0 bridgehead atoms. The summed E-state index contributed by atoms with van der Waals surface area (Å²) in [7, 11) is 0. The zero-order valence-corrected chi connectivity index (χ0v) is 8.12. The molecule has 0 atom stereocenters. The van der Waals surface area contributed by atoms with Crippen molar-refractivity contribution in [2.45, 2.75) is 12.8 Å². The standard InChI is InChI=1S/C9H7N3O4/c10-4-3-7-1-2-8(11(13)14)6-9(5-7)12(15)16/h2,5-6H,1,3H2. The van der Waals surface area contributed by atoms with Crippen molar-refractivity contribution in [2.24, 2.45) is 0 Å². The first-order valence-corrected chi connectivity index (χ1v) is 4.31. The Balaban J connectivity index is 3.12. The lowest BCUT2D eigenvalue weighted by Gasteiger charge is -1.94. The number of allylic oxidation sites excluding steroid dienone is 4. The SMILES string of the molecule is N#CCC1=CC([N+](=O)[O-])=CC([N+](=O)[O-])=CC1. The van der Waals surface area contributed by atoms with Crippen LogP contribution < -0.4 is 0 Å². The van der Waals surface area contributed by atoms with E-state index >= 15 is 0 Å². The predicted molar refractivity (Wildman–Crippen MR) is 53.1 cm³/mol. The molecule has 0 aliphatic heterocycles. The molecular formula is C9H7N3O4. The smallest absolute Gasteiger partial charge is 0.258 e. The van der Waals surface area contributed by atoms with E-state index in [0.717, 1.165) is 6.08 Å². The monoisotopic (exact) mass is 221 g/mol. The van der Waals surface area contributed by atoms with E-state index in [0.29, 0.717) is 5.57 Å². The maximum Gasteiger partial charge on any atom is 0.276 e. The lowest BCUT2D eigenvalue weighted by molar-refractivity contribution is -0.430. The summed E-state index contributed by atoms with van der Waals surface area (Å²) in [6.07, 6.45) is 3.56. The van der Waals surface area contributed by atoms with Gasteiger partial charge in [0.2, 0.25) is 0 Å². The van der Waals surface area contributed by atoms with Crippen LogP contribution in [0.2, 0.25) is 0 Å². The van der Waals surface area contributed by atoms with Crippen LogP contribution in [0.3, 0.4) is 0 Å². The second-order valence-corrected chi connectivity index (χ2v) is 3.05. The van der Waals surface area contributed by atoms with Crippen molar-refractivity contribution in [1.82, 2.24) is 0 Å². The summed E-state index contributed by atoms with van der Waals surface area (Å²) in [4.78, 5) is 19.7. The molecule has 16 heavy (non-hydrogen) atoms. The molecule has 1 aliphatic rings. The summed E-state index contributed by atoms with van der Waals surface area (Å²) in [5, 5.41) is 29.6. The largest absolute Gasteiger partial charge is 0.276 e. The highest BCUT2D eigenvalue weighted by molar-refractivity contribution is 5.31. The molecular weight excluding hydrogens is 214 g/mol. The van der Waals surface area contributed by atoms with Crippen LogP contribution in [0.15, 0.2) is 35.2 Å². The number of rotatable bonds is 3. The number of nitrogens with zero attached hydrogens (tertiary/aromatic N) is 3. The molecule has 0 heterocycles. The molecule has 1 rings (SSSR count). The second kappa shape index (κ2) is 4.84. The van der Waals surface area contributed by atoms with Gasteiger partial charge in [-0.15, -0.1) is 0 Å². The van der Waals surface area contributed by atoms with Crippen molar-refractivity contribution in [1.29, 1.82) is 5.26 Å². The van der Waals surface area contributed by atoms with Gasteiger partial charge < -0.3 is 0 Å². The minimum atomic E-state index is -0.708. The maximum atomic E-state index is 10.6. The van der Waals surface area contributed by atoms with Gasteiger partial charge in [0, 0.05) is 6.08 Å². The van der Waals surface area contributed by atoms with Gasteiger partial charge >= 0.3 is 0 Å². The van der Waals surface area contributed by atoms with Gasteiger partial charge in [0.25, 0.3) is 11.4 Å². The fourth-order valence-electron chi connectivity index (χ4n) is 1.21. The Morgan fingerprint density at radius 2 is 1.88 bits per heavy atom. The quantitative estimate of drug-likeness (QED) is 0.530. The molecule has 0 saturated carbocycles. The summed E-state index contributed by atoms with van der Waals surface area (Å²) in [5.74, 6) is 0. The molecule has 0 aromatic heterocycles. The van der Waals surface area contributed by atoms with Crippen LogP contribution in [0.25, 0.3) is 0 Å². The molecule has 0 unspecified atom stereocenters. The van der Waals surface area contributed by atoms with Crippen LogP contribution in [0.1, 0.15) is 12.8 Å². The molecule has 0 aromatic rings. The number of nitriles is 1. The van der Waals surface area contributed by atoms with E-state index in [4.69, 9.17) is 5.26 Å². The fraction of sp³-hybridized carbons (Fsp3) is 0.222. The molecule has 0 radical (unpaired) electrons. The van der Waals surface area contributed by atoms with Crippen molar-refractivity contribution in [3.63, 3.8) is 0 Å². The Labute approximate surface area is 90.3 Å². The van der Waals surface area contributed by atoms with Crippen LogP contribution in [-0.2, 0) is 0 Å². The molecule has 1 aliphatic carbocycles. The first-order chi connectivity index (χ1) is 7.54. The van der Waals surface area contributed by atoms with E-state index in [2.05, 4.69) is 0 Å². The average Bonchev–Trinajstić information content (AvgIpc) is 2.41. The van der Waals surface area contributed by atoms with Crippen molar-refractivity contribution >= 4 is 0 Å². The van der Waals surface area contributed by atoms with Gasteiger partial charge in [-0.2, -0.15) is 5.26 Å². The highest BCUT2D eigenvalue weighted by atomic mass is 16.6. The van der Waals surface area contributed by atoms with E-state index in [-0.39, 0.29) is 24.2 Å². The second-order valence-electron chi connectivity index (χ2n) is 3.05. The van der Waals surface area contributed by atoms with Gasteiger partial charge in [-0.3, -0.25) is 20.2 Å². The zero-order valence-electron chi connectivity index (χ0n) is 8.12. The van der Waals surface area contributed by atoms with Gasteiger partial charge in [0.15, 0.2) is 0 Å². The third kappa shape index (κ3) is 2.75. The Morgan fingerprint density at radius 1 is 1.25 bits per heavy atom. The lowest BCUT2D eigenvalue weighted by atomic mass is 10.1. The Bertz CT molecular complexity index is 468. The van der Waals surface area contributed by atoms with Crippen LogP contribution in [0, 0.1) is 31.6 Å². The molecule has 0 fully saturated rings. The highest BCUT2D eigenvalue weighted by Crippen LogP contribution is 2.19. The molecule has 7 nitrogen and oxygen atoms in total. The molecule has 0 saturated heterocycles. The fourth-order valence-corrected chi connectivity index (χ4v) is 1.21.